The fraction of sp³-hybridized carbons (Fsp3) is 0.300. The second-order valence-corrected chi connectivity index (χ2v) is 3.93. The van der Waals surface area contributed by atoms with Crippen molar-refractivity contribution in [3.8, 4) is 0 Å². The van der Waals surface area contributed by atoms with Gasteiger partial charge < -0.3 is 0 Å². The van der Waals surface area contributed by atoms with Gasteiger partial charge in [0.05, 0.1) is 11.7 Å². The molecule has 0 spiro atoms. The smallest absolute Gasteiger partial charge is 0.0690 e. The standard InChI is InChI=1S/C10H12N2S/c1-7-4-5-9-8(10(7)13-3)6-11-12(9)2/h4-6H,1-3H3. The summed E-state index contributed by atoms with van der Waals surface area (Å²) < 4.78 is 1.91. The van der Waals surface area contributed by atoms with Crippen LogP contribution in [-0.4, -0.2) is 16.0 Å². The van der Waals surface area contributed by atoms with Crippen molar-refractivity contribution >= 4 is 22.7 Å². The van der Waals surface area contributed by atoms with Gasteiger partial charge in [-0.2, -0.15) is 5.10 Å². The van der Waals surface area contributed by atoms with Crippen LogP contribution in [-0.2, 0) is 7.05 Å². The van der Waals surface area contributed by atoms with E-state index in [0.717, 1.165) is 0 Å². The highest BCUT2D eigenvalue weighted by molar-refractivity contribution is 7.98. The summed E-state index contributed by atoms with van der Waals surface area (Å²) in [5, 5.41) is 5.51. The molecule has 68 valence electrons. The number of hydrogen-bond donors (Lipinski definition) is 0. The summed E-state index contributed by atoms with van der Waals surface area (Å²) >= 11 is 1.78. The molecule has 0 saturated carbocycles. The highest BCUT2D eigenvalue weighted by atomic mass is 32.2. The van der Waals surface area contributed by atoms with Gasteiger partial charge in [-0.1, -0.05) is 6.07 Å². The predicted octanol–water partition coefficient (Wildman–Crippen LogP) is 2.60. The molecule has 0 fully saturated rings. The van der Waals surface area contributed by atoms with E-state index in [4.69, 9.17) is 0 Å². The molecule has 1 aromatic carbocycles. The van der Waals surface area contributed by atoms with Crippen molar-refractivity contribution in [1.82, 2.24) is 9.78 Å². The van der Waals surface area contributed by atoms with Crippen LogP contribution in [0.15, 0.2) is 23.2 Å². The lowest BCUT2D eigenvalue weighted by atomic mass is 10.2. The second kappa shape index (κ2) is 3.07. The largest absolute Gasteiger partial charge is 0.268 e. The molecule has 0 aliphatic rings. The van der Waals surface area contributed by atoms with Crippen LogP contribution in [0, 0.1) is 6.92 Å². The normalized spacial score (nSPS) is 11.0. The first-order valence-electron chi connectivity index (χ1n) is 4.19. The van der Waals surface area contributed by atoms with Gasteiger partial charge in [0.1, 0.15) is 0 Å². The van der Waals surface area contributed by atoms with E-state index in [1.807, 2.05) is 17.9 Å². The van der Waals surface area contributed by atoms with E-state index in [0.29, 0.717) is 0 Å². The number of aryl methyl sites for hydroxylation is 2. The third kappa shape index (κ3) is 1.23. The average Bonchev–Trinajstić information content (AvgIpc) is 2.48. The minimum absolute atomic E-state index is 1.20. The molecule has 1 aromatic heterocycles. The van der Waals surface area contributed by atoms with Crippen LogP contribution in [0.4, 0.5) is 0 Å². The molecule has 0 bridgehead atoms. The monoisotopic (exact) mass is 192 g/mol. The number of thioether (sulfide) groups is 1. The summed E-state index contributed by atoms with van der Waals surface area (Å²) in [5.41, 5.74) is 2.53. The average molecular weight is 192 g/mol. The van der Waals surface area contributed by atoms with Crippen molar-refractivity contribution in [2.45, 2.75) is 11.8 Å². The van der Waals surface area contributed by atoms with Gasteiger partial charge in [-0.05, 0) is 24.8 Å². The lowest BCUT2D eigenvalue weighted by molar-refractivity contribution is 0.797. The lowest BCUT2D eigenvalue weighted by Gasteiger charge is -2.03. The fourth-order valence-electron chi connectivity index (χ4n) is 1.58. The summed E-state index contributed by atoms with van der Waals surface area (Å²) in [4.78, 5) is 1.34. The lowest BCUT2D eigenvalue weighted by Crippen LogP contribution is -1.89. The van der Waals surface area contributed by atoms with Gasteiger partial charge in [0.2, 0.25) is 0 Å². The molecule has 0 saturated heterocycles. The molecule has 2 nitrogen and oxygen atoms in total. The maximum Gasteiger partial charge on any atom is 0.0690 e. The zero-order chi connectivity index (χ0) is 9.42. The summed E-state index contributed by atoms with van der Waals surface area (Å²) in [6, 6.07) is 4.27. The Hall–Kier alpha value is -0.960. The fourth-order valence-corrected chi connectivity index (χ4v) is 2.35. The summed E-state index contributed by atoms with van der Waals surface area (Å²) in [7, 11) is 1.97. The van der Waals surface area contributed by atoms with E-state index in [9.17, 15) is 0 Å². The van der Waals surface area contributed by atoms with Gasteiger partial charge in [0.25, 0.3) is 0 Å². The Balaban J connectivity index is 2.85. The van der Waals surface area contributed by atoms with Crippen LogP contribution in [0.3, 0.4) is 0 Å². The first-order valence-corrected chi connectivity index (χ1v) is 5.42. The first-order chi connectivity index (χ1) is 6.24. The molecule has 0 atom stereocenters. The molecule has 0 radical (unpaired) electrons. The SMILES string of the molecule is CSc1c(C)ccc2c1cnn2C. The molecule has 2 aromatic rings. The molecule has 13 heavy (non-hydrogen) atoms. The van der Waals surface area contributed by atoms with Gasteiger partial charge in [0, 0.05) is 17.3 Å². The van der Waals surface area contributed by atoms with Gasteiger partial charge in [-0.15, -0.1) is 11.8 Å². The predicted molar refractivity (Wildman–Crippen MR) is 57.2 cm³/mol. The van der Waals surface area contributed by atoms with Gasteiger partial charge in [-0.25, -0.2) is 0 Å². The van der Waals surface area contributed by atoms with Crippen LogP contribution in [0.2, 0.25) is 0 Å². The minimum atomic E-state index is 1.20. The Kier molecular flexibility index (Phi) is 2.04. The van der Waals surface area contributed by atoms with E-state index in [1.54, 1.807) is 11.8 Å². The zero-order valence-electron chi connectivity index (χ0n) is 8.03. The topological polar surface area (TPSA) is 17.8 Å². The van der Waals surface area contributed by atoms with Gasteiger partial charge in [0.15, 0.2) is 0 Å². The van der Waals surface area contributed by atoms with E-state index >= 15 is 0 Å². The molecule has 0 N–H and O–H groups in total. The quantitative estimate of drug-likeness (QED) is 0.646. The van der Waals surface area contributed by atoms with E-state index in [1.165, 1.54) is 21.4 Å². The van der Waals surface area contributed by atoms with Crippen molar-refractivity contribution in [1.29, 1.82) is 0 Å². The Bertz CT molecular complexity index is 445. The maximum absolute atomic E-state index is 4.25. The van der Waals surface area contributed by atoms with E-state index in [2.05, 4.69) is 30.4 Å². The summed E-state index contributed by atoms with van der Waals surface area (Å²) in [5.74, 6) is 0. The number of aromatic nitrogens is 2. The van der Waals surface area contributed by atoms with Crippen LogP contribution < -0.4 is 0 Å². The van der Waals surface area contributed by atoms with Crippen molar-refractivity contribution in [3.05, 3.63) is 23.9 Å². The highest BCUT2D eigenvalue weighted by Crippen LogP contribution is 2.28. The van der Waals surface area contributed by atoms with Crippen LogP contribution in [0.1, 0.15) is 5.56 Å². The number of hydrogen-bond acceptors (Lipinski definition) is 2. The molecule has 0 amide bonds. The molecule has 3 heteroatoms. The number of nitrogens with zero attached hydrogens (tertiary/aromatic N) is 2. The third-order valence-corrected chi connectivity index (χ3v) is 3.23. The first kappa shape index (κ1) is 8.63. The number of fused-ring (bicyclic) bond motifs is 1. The van der Waals surface area contributed by atoms with Crippen molar-refractivity contribution in [2.24, 2.45) is 7.05 Å². The molecule has 1 heterocycles. The number of benzene rings is 1. The Morgan fingerprint density at radius 2 is 2.15 bits per heavy atom. The number of rotatable bonds is 1. The van der Waals surface area contributed by atoms with Gasteiger partial charge >= 0.3 is 0 Å². The maximum atomic E-state index is 4.25. The Morgan fingerprint density at radius 1 is 1.38 bits per heavy atom. The Labute approximate surface area is 81.9 Å². The Morgan fingerprint density at radius 3 is 2.85 bits per heavy atom. The van der Waals surface area contributed by atoms with E-state index < -0.39 is 0 Å². The van der Waals surface area contributed by atoms with Crippen LogP contribution >= 0.6 is 11.8 Å². The van der Waals surface area contributed by atoms with Crippen molar-refractivity contribution in [3.63, 3.8) is 0 Å². The molecule has 2 rings (SSSR count). The second-order valence-electron chi connectivity index (χ2n) is 3.12. The van der Waals surface area contributed by atoms with Crippen molar-refractivity contribution < 1.29 is 0 Å². The summed E-state index contributed by atoms with van der Waals surface area (Å²) in [6.07, 6.45) is 4.04. The van der Waals surface area contributed by atoms with Gasteiger partial charge in [-0.3, -0.25) is 4.68 Å². The van der Waals surface area contributed by atoms with Crippen molar-refractivity contribution in [2.75, 3.05) is 6.26 Å². The third-order valence-electron chi connectivity index (χ3n) is 2.28. The summed E-state index contributed by atoms with van der Waals surface area (Å²) in [6.45, 7) is 2.14. The molecule has 0 unspecified atom stereocenters. The van der Waals surface area contributed by atoms with Crippen LogP contribution in [0.5, 0.6) is 0 Å². The minimum Gasteiger partial charge on any atom is -0.268 e. The zero-order valence-corrected chi connectivity index (χ0v) is 8.85. The molecular weight excluding hydrogens is 180 g/mol. The molecular formula is C10H12N2S. The highest BCUT2D eigenvalue weighted by Gasteiger charge is 2.06. The van der Waals surface area contributed by atoms with Crippen LogP contribution in [0.25, 0.3) is 10.9 Å². The van der Waals surface area contributed by atoms with E-state index in [-0.39, 0.29) is 0 Å². The molecule has 0 aliphatic heterocycles. The molecule has 0 aliphatic carbocycles.